The van der Waals surface area contributed by atoms with Gasteiger partial charge in [-0.15, -0.1) is 0 Å². The summed E-state index contributed by atoms with van der Waals surface area (Å²) in [6, 6.07) is 47.2. The fourth-order valence-corrected chi connectivity index (χ4v) is 4.72. The van der Waals surface area contributed by atoms with Gasteiger partial charge in [-0.1, -0.05) is 127 Å². The summed E-state index contributed by atoms with van der Waals surface area (Å²) in [6.45, 7) is 0. The van der Waals surface area contributed by atoms with Gasteiger partial charge in [-0.2, -0.15) is 0 Å². The zero-order chi connectivity index (χ0) is 26.0. The Hall–Kier alpha value is -5.35. The van der Waals surface area contributed by atoms with Crippen molar-refractivity contribution in [3.05, 3.63) is 140 Å². The van der Waals surface area contributed by atoms with Crippen LogP contribution in [-0.2, 0) is 0 Å². The maximum Gasteiger partial charge on any atom is 0.199 e. The molecule has 4 nitrogen and oxygen atoms in total. The van der Waals surface area contributed by atoms with Crippen LogP contribution in [0.4, 0.5) is 0 Å². The zero-order valence-corrected chi connectivity index (χ0v) is 21.0. The smallest absolute Gasteiger partial charge is 0.199 e. The molecule has 0 N–H and O–H groups in total. The van der Waals surface area contributed by atoms with Crippen molar-refractivity contribution in [2.45, 2.75) is 0 Å². The minimum Gasteiger partial charge on any atom is -0.453 e. The fraction of sp³-hybridized carbons (Fsp3) is 0. The van der Waals surface area contributed by atoms with Crippen LogP contribution in [0.2, 0.25) is 0 Å². The Labute approximate surface area is 226 Å². The molecule has 0 bridgehead atoms. The number of rotatable bonds is 5. The molecule has 39 heavy (non-hydrogen) atoms. The highest BCUT2D eigenvalue weighted by atomic mass is 16.3. The Kier molecular flexibility index (Phi) is 5.76. The first-order chi connectivity index (χ1) is 19.3. The van der Waals surface area contributed by atoms with Crippen LogP contribution in [-0.4, -0.2) is 15.0 Å². The van der Waals surface area contributed by atoms with Gasteiger partial charge in [0, 0.05) is 16.5 Å². The highest BCUT2D eigenvalue weighted by Gasteiger charge is 2.16. The Morgan fingerprint density at radius 3 is 1.28 bits per heavy atom. The normalized spacial score (nSPS) is 11.1. The number of benzene rings is 5. The Morgan fingerprint density at radius 2 is 0.769 bits per heavy atom. The van der Waals surface area contributed by atoms with Crippen LogP contribution in [0.25, 0.3) is 67.6 Å². The molecular weight excluding hydrogens is 478 g/mol. The maximum absolute atomic E-state index is 6.14. The standard InChI is InChI=1S/C35H23N3O/c1-3-9-24(10-4-1)26-15-19-28(20-16-26)33-36-34(29-21-17-27(18-22-29)25-11-5-2-6-12-25)38-35(37-33)32-23-30-13-7-8-14-31(30)39-32/h1-23H. The third kappa shape index (κ3) is 4.60. The molecular formula is C35H23N3O. The van der Waals surface area contributed by atoms with Gasteiger partial charge in [0.05, 0.1) is 0 Å². The van der Waals surface area contributed by atoms with E-state index in [1.54, 1.807) is 0 Å². The summed E-state index contributed by atoms with van der Waals surface area (Å²) in [5, 5.41) is 1.01. The lowest BCUT2D eigenvalue weighted by Gasteiger charge is -2.09. The van der Waals surface area contributed by atoms with E-state index in [9.17, 15) is 0 Å². The van der Waals surface area contributed by atoms with Crippen molar-refractivity contribution in [3.63, 3.8) is 0 Å². The molecule has 0 saturated heterocycles. The number of hydrogen-bond donors (Lipinski definition) is 0. The highest BCUT2D eigenvalue weighted by Crippen LogP contribution is 2.30. The van der Waals surface area contributed by atoms with Crippen molar-refractivity contribution in [1.29, 1.82) is 0 Å². The van der Waals surface area contributed by atoms with Gasteiger partial charge in [0.2, 0.25) is 0 Å². The molecule has 0 atom stereocenters. The van der Waals surface area contributed by atoms with Crippen LogP contribution in [0.1, 0.15) is 0 Å². The van der Waals surface area contributed by atoms with Crippen LogP contribution < -0.4 is 0 Å². The number of fused-ring (bicyclic) bond motifs is 1. The quantitative estimate of drug-likeness (QED) is 0.236. The minimum absolute atomic E-state index is 0.505. The first kappa shape index (κ1) is 22.8. The number of aromatic nitrogens is 3. The molecule has 4 heteroatoms. The minimum atomic E-state index is 0.505. The average molecular weight is 502 g/mol. The van der Waals surface area contributed by atoms with Crippen molar-refractivity contribution in [3.8, 4) is 56.6 Å². The number of para-hydroxylation sites is 1. The first-order valence-corrected chi connectivity index (χ1v) is 12.9. The Balaban J connectivity index is 1.32. The molecule has 0 fully saturated rings. The van der Waals surface area contributed by atoms with Crippen LogP contribution in [0.15, 0.2) is 144 Å². The van der Waals surface area contributed by atoms with Crippen molar-refractivity contribution in [2.75, 3.05) is 0 Å². The molecule has 0 aliphatic heterocycles. The SMILES string of the molecule is c1ccc(-c2ccc(-c3nc(-c4ccc(-c5ccccc5)cc4)nc(-c4cc5ccccc5o4)n3)cc2)cc1. The summed E-state index contributed by atoms with van der Waals surface area (Å²) < 4.78 is 6.14. The van der Waals surface area contributed by atoms with Crippen LogP contribution in [0, 0.1) is 0 Å². The van der Waals surface area contributed by atoms with Crippen LogP contribution in [0.5, 0.6) is 0 Å². The van der Waals surface area contributed by atoms with Crippen LogP contribution >= 0.6 is 0 Å². The van der Waals surface area contributed by atoms with Gasteiger partial charge in [-0.25, -0.2) is 15.0 Å². The molecule has 7 rings (SSSR count). The topological polar surface area (TPSA) is 51.8 Å². The van der Waals surface area contributed by atoms with Crippen molar-refractivity contribution in [1.82, 2.24) is 15.0 Å². The van der Waals surface area contributed by atoms with Gasteiger partial charge in [0.15, 0.2) is 23.2 Å². The van der Waals surface area contributed by atoms with Gasteiger partial charge in [0.25, 0.3) is 0 Å². The summed E-state index contributed by atoms with van der Waals surface area (Å²) >= 11 is 0. The van der Waals surface area contributed by atoms with E-state index in [2.05, 4.69) is 72.8 Å². The number of hydrogen-bond acceptors (Lipinski definition) is 4. The Morgan fingerprint density at radius 1 is 0.359 bits per heavy atom. The third-order valence-corrected chi connectivity index (χ3v) is 6.78. The average Bonchev–Trinajstić information content (AvgIpc) is 3.47. The second-order valence-corrected chi connectivity index (χ2v) is 9.34. The predicted octanol–water partition coefficient (Wildman–Crippen LogP) is 8.95. The van der Waals surface area contributed by atoms with E-state index < -0.39 is 0 Å². The summed E-state index contributed by atoms with van der Waals surface area (Å²) in [5.41, 5.74) is 7.25. The molecule has 0 aliphatic rings. The molecule has 0 radical (unpaired) electrons. The molecule has 0 spiro atoms. The summed E-state index contributed by atoms with van der Waals surface area (Å²) in [4.78, 5) is 14.6. The van der Waals surface area contributed by atoms with Gasteiger partial charge < -0.3 is 4.42 Å². The lowest BCUT2D eigenvalue weighted by molar-refractivity contribution is 0.625. The van der Waals surface area contributed by atoms with Gasteiger partial charge in [0.1, 0.15) is 5.58 Å². The van der Waals surface area contributed by atoms with E-state index in [1.165, 1.54) is 11.1 Å². The molecule has 2 heterocycles. The number of furan rings is 1. The molecule has 0 unspecified atom stereocenters. The largest absolute Gasteiger partial charge is 0.453 e. The number of nitrogens with zero attached hydrogens (tertiary/aromatic N) is 3. The lowest BCUT2D eigenvalue weighted by Crippen LogP contribution is -1.99. The lowest BCUT2D eigenvalue weighted by atomic mass is 10.0. The molecule has 7 aromatic rings. The van der Waals surface area contributed by atoms with E-state index in [0.29, 0.717) is 23.2 Å². The van der Waals surface area contributed by atoms with Gasteiger partial charge in [-0.3, -0.25) is 0 Å². The van der Waals surface area contributed by atoms with Crippen molar-refractivity contribution >= 4 is 11.0 Å². The molecule has 0 amide bonds. The molecule has 0 aliphatic carbocycles. The summed E-state index contributed by atoms with van der Waals surface area (Å²) in [5.74, 6) is 2.32. The van der Waals surface area contributed by atoms with Crippen molar-refractivity contribution < 1.29 is 4.42 Å². The molecule has 5 aromatic carbocycles. The molecule has 0 saturated carbocycles. The summed E-state index contributed by atoms with van der Waals surface area (Å²) in [7, 11) is 0. The van der Waals surface area contributed by atoms with Crippen LogP contribution in [0.3, 0.4) is 0 Å². The second-order valence-electron chi connectivity index (χ2n) is 9.34. The molecule has 184 valence electrons. The second kappa shape index (κ2) is 9.84. The molecule has 2 aromatic heterocycles. The van der Waals surface area contributed by atoms with E-state index in [1.807, 2.05) is 66.7 Å². The fourth-order valence-electron chi connectivity index (χ4n) is 4.72. The van der Waals surface area contributed by atoms with E-state index >= 15 is 0 Å². The Bertz CT molecular complexity index is 1740. The predicted molar refractivity (Wildman–Crippen MR) is 157 cm³/mol. The highest BCUT2D eigenvalue weighted by molar-refractivity contribution is 5.82. The zero-order valence-electron chi connectivity index (χ0n) is 21.0. The van der Waals surface area contributed by atoms with E-state index in [0.717, 1.165) is 33.2 Å². The van der Waals surface area contributed by atoms with E-state index in [-0.39, 0.29) is 0 Å². The maximum atomic E-state index is 6.14. The third-order valence-electron chi connectivity index (χ3n) is 6.78. The van der Waals surface area contributed by atoms with Gasteiger partial charge >= 0.3 is 0 Å². The summed E-state index contributed by atoms with van der Waals surface area (Å²) in [6.07, 6.45) is 0. The van der Waals surface area contributed by atoms with E-state index in [4.69, 9.17) is 19.4 Å². The van der Waals surface area contributed by atoms with Gasteiger partial charge in [-0.05, 0) is 34.4 Å². The monoisotopic (exact) mass is 501 g/mol. The first-order valence-electron chi connectivity index (χ1n) is 12.9. The van der Waals surface area contributed by atoms with Crippen molar-refractivity contribution in [2.24, 2.45) is 0 Å².